The number of para-hydroxylation sites is 2. The second kappa shape index (κ2) is 13.9. The van der Waals surface area contributed by atoms with Gasteiger partial charge in [0, 0.05) is 23.5 Å². The lowest BCUT2D eigenvalue weighted by molar-refractivity contribution is 0.275. The van der Waals surface area contributed by atoms with Crippen molar-refractivity contribution in [3.63, 3.8) is 0 Å². The molecular formula is C32H36ClN5O2. The Bertz CT molecular complexity index is 1430. The number of pyridine rings is 1. The third kappa shape index (κ3) is 6.61. The smallest absolute Gasteiger partial charge is 0.237 e. The van der Waals surface area contributed by atoms with Gasteiger partial charge in [-0.25, -0.2) is 9.98 Å². The van der Waals surface area contributed by atoms with E-state index in [1.807, 2.05) is 74.5 Å². The monoisotopic (exact) mass is 557 g/mol. The number of aliphatic imine (C=N–C) groups is 2. The van der Waals surface area contributed by atoms with Crippen LogP contribution in [0, 0.1) is 0 Å². The van der Waals surface area contributed by atoms with Gasteiger partial charge in [-0.2, -0.15) is 0 Å². The van der Waals surface area contributed by atoms with Crippen molar-refractivity contribution < 1.29 is 9.84 Å². The number of aliphatic hydroxyl groups is 1. The number of allylic oxidation sites excluding steroid dienone is 2. The van der Waals surface area contributed by atoms with Crippen molar-refractivity contribution >= 4 is 45.8 Å². The molecule has 0 saturated carbocycles. The Morgan fingerprint density at radius 1 is 1.07 bits per heavy atom. The van der Waals surface area contributed by atoms with Crippen LogP contribution in [-0.2, 0) is 0 Å². The van der Waals surface area contributed by atoms with Crippen molar-refractivity contribution in [2.24, 2.45) is 9.98 Å². The van der Waals surface area contributed by atoms with Crippen molar-refractivity contribution in [3.8, 4) is 5.88 Å². The van der Waals surface area contributed by atoms with E-state index in [1.165, 1.54) is 0 Å². The fourth-order valence-corrected chi connectivity index (χ4v) is 4.71. The van der Waals surface area contributed by atoms with Crippen LogP contribution < -0.4 is 15.0 Å². The van der Waals surface area contributed by atoms with Gasteiger partial charge in [0.1, 0.15) is 5.69 Å². The summed E-state index contributed by atoms with van der Waals surface area (Å²) in [6.45, 7) is 6.77. The normalized spacial score (nSPS) is 15.8. The van der Waals surface area contributed by atoms with Crippen LogP contribution in [0.1, 0.15) is 33.6 Å². The molecule has 1 aromatic heterocycles. The molecule has 2 N–H and O–H groups in total. The average molecular weight is 558 g/mol. The van der Waals surface area contributed by atoms with Crippen molar-refractivity contribution in [1.82, 2.24) is 4.98 Å². The van der Waals surface area contributed by atoms with E-state index in [9.17, 15) is 5.11 Å². The maximum atomic E-state index is 9.60. The summed E-state index contributed by atoms with van der Waals surface area (Å²) >= 11 is 6.19. The molecule has 7 nitrogen and oxygen atoms in total. The molecule has 0 saturated heterocycles. The van der Waals surface area contributed by atoms with Crippen LogP contribution in [0.25, 0.3) is 0 Å². The summed E-state index contributed by atoms with van der Waals surface area (Å²) in [6, 6.07) is 19.7. The van der Waals surface area contributed by atoms with Gasteiger partial charge in [-0.1, -0.05) is 44.5 Å². The quantitative estimate of drug-likeness (QED) is 0.280. The predicted molar refractivity (Wildman–Crippen MR) is 167 cm³/mol. The molecule has 2 heterocycles. The van der Waals surface area contributed by atoms with E-state index in [1.54, 1.807) is 13.3 Å². The Hall–Kier alpha value is -3.94. The number of nitrogens with one attached hydrogen (secondary N) is 1. The summed E-state index contributed by atoms with van der Waals surface area (Å²) in [4.78, 5) is 16.7. The number of methoxy groups -OCH3 is 1. The predicted octanol–water partition coefficient (Wildman–Crippen LogP) is 7.53. The highest BCUT2D eigenvalue weighted by Crippen LogP contribution is 2.39. The molecule has 0 fully saturated rings. The van der Waals surface area contributed by atoms with E-state index >= 15 is 0 Å². The molecule has 1 aliphatic carbocycles. The van der Waals surface area contributed by atoms with Crippen molar-refractivity contribution in [1.29, 1.82) is 0 Å². The fraction of sp³-hybridized carbons (Fsp3) is 0.281. The molecule has 1 atom stereocenters. The third-order valence-electron chi connectivity index (χ3n) is 6.57. The minimum absolute atomic E-state index is 0.0123. The van der Waals surface area contributed by atoms with Gasteiger partial charge in [-0.15, -0.1) is 0 Å². The van der Waals surface area contributed by atoms with E-state index in [-0.39, 0.29) is 12.6 Å². The topological polar surface area (TPSA) is 82.3 Å². The third-order valence-corrected chi connectivity index (χ3v) is 6.82. The molecule has 8 heteroatoms. The number of aliphatic hydroxyl groups excluding tert-OH is 1. The van der Waals surface area contributed by atoms with Gasteiger partial charge in [0.2, 0.25) is 5.88 Å². The van der Waals surface area contributed by atoms with E-state index in [0.29, 0.717) is 23.9 Å². The van der Waals surface area contributed by atoms with Gasteiger partial charge in [-0.05, 0) is 79.1 Å². The molecule has 2 aromatic carbocycles. The number of rotatable bonds is 8. The number of aromatic nitrogens is 1. The Labute approximate surface area is 241 Å². The molecule has 40 heavy (non-hydrogen) atoms. The van der Waals surface area contributed by atoms with Gasteiger partial charge >= 0.3 is 0 Å². The second-order valence-corrected chi connectivity index (χ2v) is 9.49. The summed E-state index contributed by atoms with van der Waals surface area (Å²) in [6.07, 6.45) is 7.24. The summed E-state index contributed by atoms with van der Waals surface area (Å²) in [5.74, 6) is 0.493. The maximum Gasteiger partial charge on any atom is 0.237 e. The van der Waals surface area contributed by atoms with Gasteiger partial charge < -0.3 is 20.1 Å². The molecule has 0 bridgehead atoms. The zero-order chi connectivity index (χ0) is 28.5. The highest BCUT2D eigenvalue weighted by atomic mass is 35.5. The van der Waals surface area contributed by atoms with Crippen LogP contribution in [0.5, 0.6) is 5.88 Å². The standard InChI is InChI=1S/C30H30ClN5O2.C2H6/c1-3-22(14-16-37)33-27-17-20-19-36(23-12-10-21(31)11-13-23)29-9-5-4-7-24(29)34-26(20)18-28(27)35-25-8-6-15-32-30(25)38-2;1-2/h4-13,15,17-18,22,35,37H,3,14,16,19H2,1-2H3;1-2H3. The molecule has 3 aromatic rings. The van der Waals surface area contributed by atoms with E-state index < -0.39 is 0 Å². The number of hydrogen-bond acceptors (Lipinski definition) is 7. The Morgan fingerprint density at radius 2 is 1.85 bits per heavy atom. The molecule has 5 rings (SSSR count). The lowest BCUT2D eigenvalue weighted by Crippen LogP contribution is -2.26. The molecule has 0 spiro atoms. The average Bonchev–Trinajstić information content (AvgIpc) is 3.15. The number of hydrogen-bond donors (Lipinski definition) is 2. The van der Waals surface area contributed by atoms with Crippen LogP contribution >= 0.6 is 11.6 Å². The fourth-order valence-electron chi connectivity index (χ4n) is 4.58. The zero-order valence-corrected chi connectivity index (χ0v) is 24.2. The lowest BCUT2D eigenvalue weighted by atomic mass is 9.98. The van der Waals surface area contributed by atoms with E-state index in [2.05, 4.69) is 34.3 Å². The van der Waals surface area contributed by atoms with Gasteiger partial charge in [0.05, 0.1) is 48.2 Å². The van der Waals surface area contributed by atoms with Crippen LogP contribution in [-0.4, -0.2) is 47.8 Å². The number of nitrogens with zero attached hydrogens (tertiary/aromatic N) is 4. The first-order valence-electron chi connectivity index (χ1n) is 13.7. The number of ether oxygens (including phenoxy) is 1. The minimum atomic E-state index is -0.0123. The summed E-state index contributed by atoms with van der Waals surface area (Å²) in [5.41, 5.74) is 7.14. The van der Waals surface area contributed by atoms with Gasteiger partial charge in [0.25, 0.3) is 0 Å². The van der Waals surface area contributed by atoms with Crippen LogP contribution in [0.3, 0.4) is 0 Å². The Morgan fingerprint density at radius 3 is 2.58 bits per heavy atom. The molecule has 208 valence electrons. The number of fused-ring (bicyclic) bond motifs is 2. The molecular weight excluding hydrogens is 522 g/mol. The number of halogens is 1. The highest BCUT2D eigenvalue weighted by Gasteiger charge is 2.26. The molecule has 2 aliphatic rings. The van der Waals surface area contributed by atoms with Gasteiger partial charge in [0.15, 0.2) is 0 Å². The minimum Gasteiger partial charge on any atom is -0.480 e. The zero-order valence-electron chi connectivity index (χ0n) is 23.4. The van der Waals surface area contributed by atoms with Crippen LogP contribution in [0.2, 0.25) is 5.02 Å². The van der Waals surface area contributed by atoms with Crippen molar-refractivity contribution in [3.05, 3.63) is 95.3 Å². The van der Waals surface area contributed by atoms with Gasteiger partial charge in [-0.3, -0.25) is 4.99 Å². The Balaban J connectivity index is 0.00000181. The van der Waals surface area contributed by atoms with Crippen molar-refractivity contribution in [2.45, 2.75) is 39.7 Å². The second-order valence-electron chi connectivity index (χ2n) is 9.05. The number of anilines is 3. The first-order valence-corrected chi connectivity index (χ1v) is 14.1. The first-order chi connectivity index (χ1) is 19.6. The summed E-state index contributed by atoms with van der Waals surface area (Å²) in [5, 5.41) is 13.8. The summed E-state index contributed by atoms with van der Waals surface area (Å²) < 4.78 is 5.47. The highest BCUT2D eigenvalue weighted by molar-refractivity contribution is 6.30. The van der Waals surface area contributed by atoms with E-state index in [4.69, 9.17) is 26.3 Å². The van der Waals surface area contributed by atoms with Crippen molar-refractivity contribution in [2.75, 3.05) is 30.5 Å². The molecule has 0 radical (unpaired) electrons. The van der Waals surface area contributed by atoms with Crippen LogP contribution in [0.4, 0.5) is 22.7 Å². The largest absolute Gasteiger partial charge is 0.480 e. The maximum absolute atomic E-state index is 9.60. The SMILES string of the molecule is CC.CCC(CCO)N=C1C=C2CN(c3ccc(Cl)cc3)c3ccccc3N=C2C=C1Nc1cccnc1OC. The van der Waals surface area contributed by atoms with Crippen LogP contribution in [0.15, 0.2) is 100 Å². The Kier molecular flexibility index (Phi) is 10.1. The lowest BCUT2D eigenvalue weighted by Gasteiger charge is -2.27. The molecule has 1 aliphatic heterocycles. The van der Waals surface area contributed by atoms with E-state index in [0.717, 1.165) is 51.9 Å². The number of benzene rings is 2. The molecule has 0 amide bonds. The molecule has 1 unspecified atom stereocenters. The summed E-state index contributed by atoms with van der Waals surface area (Å²) in [7, 11) is 1.60. The first kappa shape index (κ1) is 29.1.